The van der Waals surface area contributed by atoms with Crippen molar-refractivity contribution in [2.45, 2.75) is 13.3 Å². The molecule has 0 unspecified atom stereocenters. The van der Waals surface area contributed by atoms with Crippen molar-refractivity contribution in [1.82, 2.24) is 4.90 Å². The van der Waals surface area contributed by atoms with Crippen molar-refractivity contribution in [3.05, 3.63) is 0 Å². The van der Waals surface area contributed by atoms with Gasteiger partial charge in [0.25, 0.3) is 0 Å². The fraction of sp³-hybridized carbons (Fsp3) is 0.857. The van der Waals surface area contributed by atoms with Crippen LogP contribution in [0.25, 0.3) is 0 Å². The van der Waals surface area contributed by atoms with Crippen molar-refractivity contribution in [2.24, 2.45) is 0 Å². The van der Waals surface area contributed by atoms with Gasteiger partial charge in [0.2, 0.25) is 0 Å². The highest BCUT2D eigenvalue weighted by molar-refractivity contribution is 5.76. The van der Waals surface area contributed by atoms with E-state index in [-0.39, 0.29) is 0 Å². The quantitative estimate of drug-likeness (QED) is 0.399. The molecular formula is C7H14N2O. The van der Waals surface area contributed by atoms with E-state index in [1.807, 2.05) is 11.8 Å². The van der Waals surface area contributed by atoms with E-state index in [1.54, 1.807) is 0 Å². The number of ether oxygens (including phenoxy) is 1. The van der Waals surface area contributed by atoms with Gasteiger partial charge in [-0.05, 0) is 13.3 Å². The molecular weight excluding hydrogens is 128 g/mol. The van der Waals surface area contributed by atoms with Crippen molar-refractivity contribution in [1.29, 1.82) is 5.41 Å². The number of nitrogens with zero attached hydrogens (tertiary/aromatic N) is 1. The third-order valence-corrected chi connectivity index (χ3v) is 1.70. The molecule has 1 aliphatic heterocycles. The topological polar surface area (TPSA) is 36.3 Å². The Hall–Kier alpha value is -0.570. The van der Waals surface area contributed by atoms with Gasteiger partial charge in [-0.3, -0.25) is 5.41 Å². The van der Waals surface area contributed by atoms with Gasteiger partial charge in [0.15, 0.2) is 0 Å². The van der Waals surface area contributed by atoms with E-state index in [0.717, 1.165) is 32.7 Å². The molecule has 0 saturated carbocycles. The van der Waals surface area contributed by atoms with Crippen LogP contribution in [0.15, 0.2) is 0 Å². The second-order valence-corrected chi connectivity index (χ2v) is 2.54. The predicted octanol–water partition coefficient (Wildman–Crippen LogP) is 0.706. The average molecular weight is 142 g/mol. The molecule has 0 aliphatic carbocycles. The molecule has 0 radical (unpaired) electrons. The van der Waals surface area contributed by atoms with Gasteiger partial charge in [0, 0.05) is 19.7 Å². The van der Waals surface area contributed by atoms with E-state index >= 15 is 0 Å². The molecule has 3 nitrogen and oxygen atoms in total. The van der Waals surface area contributed by atoms with E-state index in [1.165, 1.54) is 0 Å². The van der Waals surface area contributed by atoms with Crippen LogP contribution in [0.5, 0.6) is 0 Å². The highest BCUT2D eigenvalue weighted by atomic mass is 16.5. The highest BCUT2D eigenvalue weighted by Gasteiger charge is 2.07. The summed E-state index contributed by atoms with van der Waals surface area (Å²) in [5.74, 6) is 0.658. The molecule has 10 heavy (non-hydrogen) atoms. The third kappa shape index (κ3) is 1.99. The monoisotopic (exact) mass is 142 g/mol. The molecule has 0 aromatic carbocycles. The first-order valence-corrected chi connectivity index (χ1v) is 3.68. The van der Waals surface area contributed by atoms with Crippen LogP contribution in [0, 0.1) is 5.41 Å². The molecule has 0 bridgehead atoms. The Morgan fingerprint density at radius 3 is 2.90 bits per heavy atom. The Bertz CT molecular complexity index is 117. The zero-order valence-corrected chi connectivity index (χ0v) is 6.39. The molecule has 0 atom stereocenters. The Morgan fingerprint density at radius 2 is 2.20 bits per heavy atom. The summed E-state index contributed by atoms with van der Waals surface area (Å²) >= 11 is 0. The Morgan fingerprint density at radius 1 is 1.40 bits per heavy atom. The summed E-state index contributed by atoms with van der Waals surface area (Å²) in [6, 6.07) is 0. The van der Waals surface area contributed by atoms with Gasteiger partial charge >= 0.3 is 0 Å². The average Bonchev–Trinajstić information content (AvgIpc) is 2.12. The van der Waals surface area contributed by atoms with E-state index in [2.05, 4.69) is 0 Å². The number of amidine groups is 1. The summed E-state index contributed by atoms with van der Waals surface area (Å²) in [7, 11) is 0. The molecule has 1 heterocycles. The van der Waals surface area contributed by atoms with Crippen LogP contribution in [-0.4, -0.2) is 37.0 Å². The van der Waals surface area contributed by atoms with Crippen molar-refractivity contribution in [3.8, 4) is 0 Å². The second-order valence-electron chi connectivity index (χ2n) is 2.54. The molecule has 3 heteroatoms. The fourth-order valence-electron chi connectivity index (χ4n) is 1.08. The van der Waals surface area contributed by atoms with Crippen molar-refractivity contribution < 1.29 is 4.74 Å². The van der Waals surface area contributed by atoms with Crippen molar-refractivity contribution in [3.63, 3.8) is 0 Å². The highest BCUT2D eigenvalue weighted by Crippen LogP contribution is 1.98. The maximum atomic E-state index is 7.36. The lowest BCUT2D eigenvalue weighted by atomic mass is 10.4. The fourth-order valence-corrected chi connectivity index (χ4v) is 1.08. The molecule has 0 aromatic heterocycles. The SMILES string of the molecule is CC(=N)N1CCCOCC1. The number of nitrogens with one attached hydrogen (secondary N) is 1. The maximum absolute atomic E-state index is 7.36. The molecule has 1 fully saturated rings. The summed E-state index contributed by atoms with van der Waals surface area (Å²) in [5.41, 5.74) is 0. The minimum atomic E-state index is 0.658. The summed E-state index contributed by atoms with van der Waals surface area (Å²) in [5, 5.41) is 7.36. The minimum absolute atomic E-state index is 0.658. The van der Waals surface area contributed by atoms with Crippen LogP contribution >= 0.6 is 0 Å². The number of hydrogen-bond acceptors (Lipinski definition) is 2. The van der Waals surface area contributed by atoms with Gasteiger partial charge in [-0.1, -0.05) is 0 Å². The van der Waals surface area contributed by atoms with Crippen LogP contribution < -0.4 is 0 Å². The lowest BCUT2D eigenvalue weighted by molar-refractivity contribution is 0.147. The van der Waals surface area contributed by atoms with Crippen molar-refractivity contribution >= 4 is 5.84 Å². The molecule has 1 rings (SSSR count). The van der Waals surface area contributed by atoms with Gasteiger partial charge in [-0.15, -0.1) is 0 Å². The summed E-state index contributed by atoms with van der Waals surface area (Å²) in [6.07, 6.45) is 1.05. The number of hydrogen-bond donors (Lipinski definition) is 1. The van der Waals surface area contributed by atoms with E-state index in [9.17, 15) is 0 Å². The summed E-state index contributed by atoms with van der Waals surface area (Å²) in [4.78, 5) is 2.05. The Labute approximate surface area is 61.5 Å². The van der Waals surface area contributed by atoms with E-state index in [0.29, 0.717) is 5.84 Å². The van der Waals surface area contributed by atoms with Crippen molar-refractivity contribution in [2.75, 3.05) is 26.3 Å². The predicted molar refractivity (Wildman–Crippen MR) is 40.4 cm³/mol. The zero-order chi connectivity index (χ0) is 7.40. The minimum Gasteiger partial charge on any atom is -0.380 e. The normalized spacial score (nSPS) is 20.3. The largest absolute Gasteiger partial charge is 0.380 e. The Balaban J connectivity index is 2.35. The molecule has 1 N–H and O–H groups in total. The molecule has 0 spiro atoms. The molecule has 58 valence electrons. The van der Waals surface area contributed by atoms with Gasteiger partial charge < -0.3 is 9.64 Å². The maximum Gasteiger partial charge on any atom is 0.0926 e. The third-order valence-electron chi connectivity index (χ3n) is 1.70. The molecule has 1 saturated heterocycles. The lowest BCUT2D eigenvalue weighted by Crippen LogP contribution is -2.30. The van der Waals surface area contributed by atoms with E-state index < -0.39 is 0 Å². The van der Waals surface area contributed by atoms with Crippen LogP contribution in [0.1, 0.15) is 13.3 Å². The smallest absolute Gasteiger partial charge is 0.0926 e. The standard InChI is InChI=1S/C7H14N2O/c1-7(8)9-3-2-5-10-6-4-9/h8H,2-6H2,1H3. The Kier molecular flexibility index (Phi) is 2.68. The van der Waals surface area contributed by atoms with Gasteiger partial charge in [0.1, 0.15) is 0 Å². The molecule has 1 aliphatic rings. The van der Waals surface area contributed by atoms with Crippen LogP contribution in [0.2, 0.25) is 0 Å². The van der Waals surface area contributed by atoms with Crippen LogP contribution in [0.4, 0.5) is 0 Å². The van der Waals surface area contributed by atoms with E-state index in [4.69, 9.17) is 10.1 Å². The molecule has 0 aromatic rings. The second kappa shape index (κ2) is 3.56. The first kappa shape index (κ1) is 7.54. The number of rotatable bonds is 0. The summed E-state index contributed by atoms with van der Waals surface area (Å²) in [6.45, 7) is 5.32. The van der Waals surface area contributed by atoms with Crippen LogP contribution in [0.3, 0.4) is 0 Å². The summed E-state index contributed by atoms with van der Waals surface area (Å²) < 4.78 is 5.24. The van der Waals surface area contributed by atoms with Gasteiger partial charge in [0.05, 0.1) is 12.4 Å². The molecule has 0 amide bonds. The van der Waals surface area contributed by atoms with Gasteiger partial charge in [-0.25, -0.2) is 0 Å². The lowest BCUT2D eigenvalue weighted by Gasteiger charge is -2.19. The first-order valence-electron chi connectivity index (χ1n) is 3.68. The van der Waals surface area contributed by atoms with Gasteiger partial charge in [-0.2, -0.15) is 0 Å². The van der Waals surface area contributed by atoms with Crippen LogP contribution in [-0.2, 0) is 4.74 Å². The first-order chi connectivity index (χ1) is 4.80. The zero-order valence-electron chi connectivity index (χ0n) is 6.39.